The first-order chi connectivity index (χ1) is 9.60. The summed E-state index contributed by atoms with van der Waals surface area (Å²) >= 11 is 12.1. The summed E-state index contributed by atoms with van der Waals surface area (Å²) in [6.07, 6.45) is 4.59. The van der Waals surface area contributed by atoms with Gasteiger partial charge in [0.1, 0.15) is 0 Å². The van der Waals surface area contributed by atoms with Gasteiger partial charge in [0, 0.05) is 0 Å². The minimum Gasteiger partial charge on any atom is -0.469 e. The molecule has 1 aromatic rings. The number of carbonyl (C=O) groups is 1. The van der Waals surface area contributed by atoms with Crippen LogP contribution < -0.4 is 0 Å². The molecule has 2 nitrogen and oxygen atoms in total. The average Bonchev–Trinajstić information content (AvgIpc) is 2.82. The van der Waals surface area contributed by atoms with Crippen molar-refractivity contribution in [3.8, 4) is 0 Å². The molecule has 2 saturated carbocycles. The van der Waals surface area contributed by atoms with Crippen molar-refractivity contribution in [2.24, 2.45) is 17.8 Å². The summed E-state index contributed by atoms with van der Waals surface area (Å²) in [5, 5.41) is 1.12. The number of esters is 1. The van der Waals surface area contributed by atoms with Gasteiger partial charge in [-0.1, -0.05) is 35.7 Å². The maximum atomic E-state index is 12.2. The summed E-state index contributed by atoms with van der Waals surface area (Å²) in [6, 6.07) is 5.74. The number of rotatable bonds is 2. The Kier molecular flexibility index (Phi) is 3.96. The average molecular weight is 313 g/mol. The van der Waals surface area contributed by atoms with Crippen LogP contribution in [0.4, 0.5) is 0 Å². The van der Waals surface area contributed by atoms with Crippen LogP contribution in [-0.2, 0) is 9.53 Å². The van der Waals surface area contributed by atoms with Crippen LogP contribution in [0.1, 0.15) is 37.2 Å². The third kappa shape index (κ3) is 2.44. The summed E-state index contributed by atoms with van der Waals surface area (Å²) in [5.74, 6) is 1.30. The fourth-order valence-corrected chi connectivity index (χ4v) is 4.37. The topological polar surface area (TPSA) is 26.3 Å². The highest BCUT2D eigenvalue weighted by molar-refractivity contribution is 6.42. The van der Waals surface area contributed by atoms with Gasteiger partial charge in [-0.25, -0.2) is 0 Å². The number of ether oxygens (including phenoxy) is 1. The van der Waals surface area contributed by atoms with Crippen LogP contribution in [0.5, 0.6) is 0 Å². The summed E-state index contributed by atoms with van der Waals surface area (Å²) < 4.78 is 5.05. The second kappa shape index (κ2) is 5.57. The van der Waals surface area contributed by atoms with Gasteiger partial charge in [-0.15, -0.1) is 0 Å². The summed E-state index contributed by atoms with van der Waals surface area (Å²) in [6.45, 7) is 0. The van der Waals surface area contributed by atoms with Crippen molar-refractivity contribution in [2.45, 2.75) is 31.6 Å². The lowest BCUT2D eigenvalue weighted by atomic mass is 9.69. The zero-order valence-electron chi connectivity index (χ0n) is 11.4. The quantitative estimate of drug-likeness (QED) is 0.741. The van der Waals surface area contributed by atoms with Gasteiger partial charge in [0.15, 0.2) is 0 Å². The Labute approximate surface area is 129 Å². The Bertz CT molecular complexity index is 529. The normalized spacial score (nSPS) is 32.1. The van der Waals surface area contributed by atoms with Crippen LogP contribution in [-0.4, -0.2) is 13.1 Å². The minimum atomic E-state index is -0.0774. The number of hydrogen-bond acceptors (Lipinski definition) is 2. The highest BCUT2D eigenvalue weighted by atomic mass is 35.5. The Morgan fingerprint density at radius 1 is 1.20 bits per heavy atom. The van der Waals surface area contributed by atoms with E-state index in [9.17, 15) is 4.79 Å². The molecule has 0 spiro atoms. The maximum Gasteiger partial charge on any atom is 0.309 e. The molecule has 20 heavy (non-hydrogen) atoms. The smallest absolute Gasteiger partial charge is 0.309 e. The SMILES string of the molecule is COC(=O)[C@@H]1C2CCC(C2)C[C@@H]1c1ccc(Cl)c(Cl)c1. The van der Waals surface area contributed by atoms with Crippen molar-refractivity contribution in [1.82, 2.24) is 0 Å². The molecule has 108 valence electrons. The van der Waals surface area contributed by atoms with E-state index >= 15 is 0 Å². The molecule has 2 aliphatic rings. The predicted molar refractivity (Wildman–Crippen MR) is 80.2 cm³/mol. The first-order valence-electron chi connectivity index (χ1n) is 7.13. The molecule has 0 amide bonds. The lowest BCUT2D eigenvalue weighted by molar-refractivity contribution is -0.149. The van der Waals surface area contributed by atoms with E-state index in [1.165, 1.54) is 13.5 Å². The van der Waals surface area contributed by atoms with Crippen molar-refractivity contribution in [2.75, 3.05) is 7.11 Å². The van der Waals surface area contributed by atoms with Gasteiger partial charge in [-0.05, 0) is 54.7 Å². The van der Waals surface area contributed by atoms with Gasteiger partial charge in [0.05, 0.1) is 23.1 Å². The Morgan fingerprint density at radius 3 is 2.70 bits per heavy atom. The number of carbonyl (C=O) groups excluding carboxylic acids is 1. The van der Waals surface area contributed by atoms with Gasteiger partial charge in [0.2, 0.25) is 0 Å². The molecule has 0 radical (unpaired) electrons. The lowest BCUT2D eigenvalue weighted by Gasteiger charge is -2.35. The molecule has 4 atom stereocenters. The number of benzene rings is 1. The van der Waals surface area contributed by atoms with Crippen molar-refractivity contribution in [3.05, 3.63) is 33.8 Å². The van der Waals surface area contributed by atoms with E-state index in [-0.39, 0.29) is 17.8 Å². The molecule has 1 aromatic carbocycles. The number of halogens is 2. The van der Waals surface area contributed by atoms with Crippen molar-refractivity contribution >= 4 is 29.2 Å². The standard InChI is InChI=1S/C16H18Cl2O2/c1-20-16(19)15-11-3-2-9(6-11)7-12(15)10-4-5-13(17)14(18)8-10/h4-5,8-9,11-12,15H,2-3,6-7H2,1H3/t9?,11?,12-,15-/m1/s1. The second-order valence-corrected chi connectivity index (χ2v) is 6.82. The third-order valence-electron chi connectivity index (χ3n) is 4.96. The Morgan fingerprint density at radius 2 is 2.00 bits per heavy atom. The Hall–Kier alpha value is -0.730. The molecule has 4 heteroatoms. The molecule has 2 unspecified atom stereocenters. The maximum absolute atomic E-state index is 12.2. The van der Waals surface area contributed by atoms with Crippen molar-refractivity contribution < 1.29 is 9.53 Å². The molecule has 3 rings (SSSR count). The van der Waals surface area contributed by atoms with Gasteiger partial charge < -0.3 is 4.74 Å². The van der Waals surface area contributed by atoms with Crippen LogP contribution >= 0.6 is 23.2 Å². The highest BCUT2D eigenvalue weighted by Crippen LogP contribution is 2.52. The van der Waals surface area contributed by atoms with Crippen LogP contribution in [0.25, 0.3) is 0 Å². The van der Waals surface area contributed by atoms with Crippen molar-refractivity contribution in [1.29, 1.82) is 0 Å². The molecule has 0 aromatic heterocycles. The largest absolute Gasteiger partial charge is 0.469 e. The Balaban J connectivity index is 1.96. The zero-order chi connectivity index (χ0) is 14.3. The number of fused-ring (bicyclic) bond motifs is 2. The fraction of sp³-hybridized carbons (Fsp3) is 0.562. The van der Waals surface area contributed by atoms with Gasteiger partial charge in [-0.3, -0.25) is 4.79 Å². The van der Waals surface area contributed by atoms with Gasteiger partial charge >= 0.3 is 5.97 Å². The van der Waals surface area contributed by atoms with Crippen LogP contribution in [0.3, 0.4) is 0 Å². The molecule has 2 aliphatic carbocycles. The highest BCUT2D eigenvalue weighted by Gasteiger charge is 2.46. The lowest BCUT2D eigenvalue weighted by Crippen LogP contribution is -2.33. The van der Waals surface area contributed by atoms with E-state index in [4.69, 9.17) is 27.9 Å². The van der Waals surface area contributed by atoms with Crippen LogP contribution in [0.15, 0.2) is 18.2 Å². The van der Waals surface area contributed by atoms with Crippen LogP contribution in [0.2, 0.25) is 10.0 Å². The molecule has 2 fully saturated rings. The summed E-state index contributed by atoms with van der Waals surface area (Å²) in [4.78, 5) is 12.2. The van der Waals surface area contributed by atoms with E-state index in [0.717, 1.165) is 30.7 Å². The van der Waals surface area contributed by atoms with E-state index in [0.29, 0.717) is 16.0 Å². The first-order valence-corrected chi connectivity index (χ1v) is 7.88. The summed E-state index contributed by atoms with van der Waals surface area (Å²) in [7, 11) is 1.48. The van der Waals surface area contributed by atoms with Crippen LogP contribution in [0, 0.1) is 17.8 Å². The van der Waals surface area contributed by atoms with E-state index in [1.54, 1.807) is 0 Å². The molecule has 2 bridgehead atoms. The van der Waals surface area contributed by atoms with Gasteiger partial charge in [0.25, 0.3) is 0 Å². The monoisotopic (exact) mass is 312 g/mol. The molecule has 0 aliphatic heterocycles. The molecular weight excluding hydrogens is 295 g/mol. The van der Waals surface area contributed by atoms with E-state index < -0.39 is 0 Å². The van der Waals surface area contributed by atoms with E-state index in [1.807, 2.05) is 18.2 Å². The second-order valence-electron chi connectivity index (χ2n) is 6.00. The predicted octanol–water partition coefficient (Wildman–Crippen LogP) is 4.69. The molecule has 0 saturated heterocycles. The van der Waals surface area contributed by atoms with Crippen molar-refractivity contribution in [3.63, 3.8) is 0 Å². The summed E-state index contributed by atoms with van der Waals surface area (Å²) in [5.41, 5.74) is 1.12. The third-order valence-corrected chi connectivity index (χ3v) is 5.69. The van der Waals surface area contributed by atoms with E-state index in [2.05, 4.69) is 0 Å². The molecule has 0 heterocycles. The number of hydrogen-bond donors (Lipinski definition) is 0. The number of methoxy groups -OCH3 is 1. The van der Waals surface area contributed by atoms with Gasteiger partial charge in [-0.2, -0.15) is 0 Å². The first kappa shape index (κ1) is 14.2. The zero-order valence-corrected chi connectivity index (χ0v) is 13.0. The minimum absolute atomic E-state index is 0.0315. The molecular formula is C16H18Cl2O2. The fourth-order valence-electron chi connectivity index (χ4n) is 4.07. The molecule has 0 N–H and O–H groups in total.